The van der Waals surface area contributed by atoms with Crippen LogP contribution in [0.1, 0.15) is 0 Å². The van der Waals surface area contributed by atoms with Crippen LogP contribution in [0.4, 0.5) is 11.4 Å². The van der Waals surface area contributed by atoms with Gasteiger partial charge >= 0.3 is 17.1 Å². The normalized spacial score (nSPS) is 8.17. The number of nitrogens with zero attached hydrogens (tertiary/aromatic N) is 4. The molecule has 4 N–H and O–H groups in total. The fourth-order valence-corrected chi connectivity index (χ4v) is 1.17. The van der Waals surface area contributed by atoms with Crippen LogP contribution in [-0.4, -0.2) is 20.1 Å². The summed E-state index contributed by atoms with van der Waals surface area (Å²) in [5.41, 5.74) is 14.1. The first-order valence-electron chi connectivity index (χ1n) is 5.29. The van der Waals surface area contributed by atoms with Crippen LogP contribution in [-0.2, 0) is 17.1 Å². The first kappa shape index (κ1) is 22.1. The van der Waals surface area contributed by atoms with Crippen molar-refractivity contribution < 1.29 is 27.2 Å². The zero-order chi connectivity index (χ0) is 17.1. The maximum atomic E-state index is 8.25. The standard InChI is InChI=1S/C10H10N4.Cu.2NO3/c11-7-1-3-13-9(5-7)10-6-8(12)2-4-14-10;;2*2-1(3)4/h1-6H,(H2,11,13)(H2,12,14);;;/q;+2;2*-1. The van der Waals surface area contributed by atoms with Crippen LogP contribution >= 0.6 is 0 Å². The molecule has 0 unspecified atom stereocenters. The Balaban J connectivity index is 0. The molecule has 2 heterocycles. The van der Waals surface area contributed by atoms with Crippen molar-refractivity contribution in [2.24, 2.45) is 0 Å². The second-order valence-corrected chi connectivity index (χ2v) is 3.40. The maximum absolute atomic E-state index is 8.25. The number of anilines is 2. The van der Waals surface area contributed by atoms with E-state index in [1.807, 2.05) is 0 Å². The molecule has 0 spiro atoms. The minimum atomic E-state index is -1.75. The van der Waals surface area contributed by atoms with Crippen molar-refractivity contribution in [2.45, 2.75) is 0 Å². The first-order valence-corrected chi connectivity index (χ1v) is 5.29. The molecule has 12 nitrogen and oxygen atoms in total. The number of rotatable bonds is 1. The second kappa shape index (κ2) is 11.5. The van der Waals surface area contributed by atoms with E-state index in [9.17, 15) is 0 Å². The quantitative estimate of drug-likeness (QED) is 0.408. The zero-order valence-corrected chi connectivity index (χ0v) is 12.1. The molecule has 0 aliphatic heterocycles. The van der Waals surface area contributed by atoms with E-state index in [1.54, 1.807) is 36.7 Å². The largest absolute Gasteiger partial charge is 2.00 e. The molecular formula is C10H10CuN6O6. The molecule has 23 heavy (non-hydrogen) atoms. The predicted octanol–water partition coefficient (Wildman–Crippen LogP) is 0.827. The summed E-state index contributed by atoms with van der Waals surface area (Å²) in [4.78, 5) is 24.8. The third kappa shape index (κ3) is 12.3. The van der Waals surface area contributed by atoms with Crippen molar-refractivity contribution in [3.05, 3.63) is 67.3 Å². The summed E-state index contributed by atoms with van der Waals surface area (Å²) in [6, 6.07) is 7.00. The van der Waals surface area contributed by atoms with Crippen LogP contribution in [0.2, 0.25) is 0 Å². The van der Waals surface area contributed by atoms with E-state index < -0.39 is 10.2 Å². The van der Waals surface area contributed by atoms with Gasteiger partial charge in [0.2, 0.25) is 0 Å². The van der Waals surface area contributed by atoms with Crippen molar-refractivity contribution in [3.8, 4) is 11.4 Å². The van der Waals surface area contributed by atoms with Gasteiger partial charge in [0.05, 0.1) is 21.6 Å². The molecule has 0 bridgehead atoms. The second-order valence-electron chi connectivity index (χ2n) is 3.40. The Kier molecular flexibility index (Phi) is 11.0. The van der Waals surface area contributed by atoms with Gasteiger partial charge in [-0.25, -0.2) is 0 Å². The Morgan fingerprint density at radius 3 is 1.26 bits per heavy atom. The van der Waals surface area contributed by atoms with Gasteiger partial charge in [0.1, 0.15) is 0 Å². The predicted molar refractivity (Wildman–Crippen MR) is 77.0 cm³/mol. The molecule has 2 aromatic rings. The summed E-state index contributed by atoms with van der Waals surface area (Å²) >= 11 is 0. The molecule has 2 rings (SSSR count). The third-order valence-corrected chi connectivity index (χ3v) is 1.83. The van der Waals surface area contributed by atoms with Gasteiger partial charge < -0.3 is 42.1 Å². The number of hydrogen-bond donors (Lipinski definition) is 2. The number of nitrogens with two attached hydrogens (primary N) is 2. The van der Waals surface area contributed by atoms with Crippen molar-refractivity contribution in [1.29, 1.82) is 0 Å². The van der Waals surface area contributed by atoms with Crippen molar-refractivity contribution >= 4 is 11.4 Å². The van der Waals surface area contributed by atoms with Gasteiger partial charge in [-0.05, 0) is 24.3 Å². The summed E-state index contributed by atoms with van der Waals surface area (Å²) in [5, 5.41) is 29.5. The van der Waals surface area contributed by atoms with Crippen LogP contribution in [0, 0.1) is 30.6 Å². The molecule has 127 valence electrons. The van der Waals surface area contributed by atoms with Gasteiger partial charge in [0.25, 0.3) is 0 Å². The van der Waals surface area contributed by atoms with Crippen molar-refractivity contribution in [3.63, 3.8) is 0 Å². The fourth-order valence-electron chi connectivity index (χ4n) is 1.17. The Hall–Kier alpha value is -3.18. The molecule has 0 saturated carbocycles. The SMILES string of the molecule is Nc1ccnc(-c2cc(N)ccn2)c1.O=[N+]([O-])[O-].O=[N+]([O-])[O-].[Cu+2]. The molecule has 0 aliphatic carbocycles. The Morgan fingerprint density at radius 1 is 0.783 bits per heavy atom. The summed E-state index contributed by atoms with van der Waals surface area (Å²) in [7, 11) is 0. The molecule has 0 amide bonds. The minimum Gasteiger partial charge on any atom is -0.399 e. The smallest absolute Gasteiger partial charge is 0.399 e. The molecule has 0 saturated heterocycles. The summed E-state index contributed by atoms with van der Waals surface area (Å²) in [6.45, 7) is 0. The molecule has 0 aromatic carbocycles. The third-order valence-electron chi connectivity index (χ3n) is 1.83. The monoisotopic (exact) mass is 373 g/mol. The van der Waals surface area contributed by atoms with Crippen molar-refractivity contribution in [2.75, 3.05) is 11.5 Å². The molecule has 0 atom stereocenters. The van der Waals surface area contributed by atoms with E-state index in [4.69, 9.17) is 42.1 Å². The van der Waals surface area contributed by atoms with E-state index in [2.05, 4.69) is 9.97 Å². The van der Waals surface area contributed by atoms with Gasteiger partial charge in [0.15, 0.2) is 0 Å². The van der Waals surface area contributed by atoms with Crippen LogP contribution in [0.3, 0.4) is 0 Å². The molecular weight excluding hydrogens is 364 g/mol. The number of hydrogen-bond acceptors (Lipinski definition) is 10. The van der Waals surface area contributed by atoms with E-state index in [-0.39, 0.29) is 17.1 Å². The van der Waals surface area contributed by atoms with Gasteiger partial charge in [-0.15, -0.1) is 0 Å². The van der Waals surface area contributed by atoms with Crippen LogP contribution in [0.5, 0.6) is 0 Å². The van der Waals surface area contributed by atoms with Crippen LogP contribution in [0.15, 0.2) is 36.7 Å². The van der Waals surface area contributed by atoms with E-state index >= 15 is 0 Å². The summed E-state index contributed by atoms with van der Waals surface area (Å²) in [5.74, 6) is 0. The Labute approximate surface area is 139 Å². The average Bonchev–Trinajstić information content (AvgIpc) is 2.37. The molecule has 2 aromatic heterocycles. The molecule has 0 aliphatic rings. The maximum Gasteiger partial charge on any atom is 2.00 e. The number of pyridine rings is 2. The minimum absolute atomic E-state index is 0. The summed E-state index contributed by atoms with van der Waals surface area (Å²) in [6.07, 6.45) is 3.30. The summed E-state index contributed by atoms with van der Waals surface area (Å²) < 4.78 is 0. The first-order chi connectivity index (χ1) is 10.2. The Bertz CT molecular complexity index is 579. The van der Waals surface area contributed by atoms with Gasteiger partial charge in [0, 0.05) is 23.8 Å². The average molecular weight is 374 g/mol. The van der Waals surface area contributed by atoms with Gasteiger partial charge in [-0.2, -0.15) is 0 Å². The topological polar surface area (TPSA) is 210 Å². The molecule has 1 radical (unpaired) electrons. The molecule has 0 fully saturated rings. The zero-order valence-electron chi connectivity index (χ0n) is 11.2. The van der Waals surface area contributed by atoms with E-state index in [0.717, 1.165) is 11.4 Å². The van der Waals surface area contributed by atoms with Gasteiger partial charge in [-0.1, -0.05) is 0 Å². The Morgan fingerprint density at radius 2 is 1.04 bits per heavy atom. The van der Waals surface area contributed by atoms with Crippen LogP contribution < -0.4 is 11.5 Å². The van der Waals surface area contributed by atoms with E-state index in [0.29, 0.717) is 11.4 Å². The number of nitrogen functional groups attached to an aromatic ring is 2. The van der Waals surface area contributed by atoms with E-state index in [1.165, 1.54) is 0 Å². The van der Waals surface area contributed by atoms with Gasteiger partial charge in [-0.3, -0.25) is 9.97 Å². The molecule has 13 heteroatoms. The van der Waals surface area contributed by atoms with Crippen LogP contribution in [0.25, 0.3) is 11.4 Å². The number of aromatic nitrogens is 2. The van der Waals surface area contributed by atoms with Crippen molar-refractivity contribution in [1.82, 2.24) is 9.97 Å². The fraction of sp³-hybridized carbons (Fsp3) is 0.